The van der Waals surface area contributed by atoms with Crippen LogP contribution in [0.4, 0.5) is 10.5 Å². The van der Waals surface area contributed by atoms with Crippen LogP contribution in [0.2, 0.25) is 0 Å². The normalized spacial score (nSPS) is 16.1. The highest BCUT2D eigenvalue weighted by atomic mass is 32.2. The number of urea groups is 1. The fourth-order valence-corrected chi connectivity index (χ4v) is 5.19. The Hall–Kier alpha value is -3.36. The molecule has 0 fully saturated rings. The number of carbonyl (C=O) groups is 1. The van der Waals surface area contributed by atoms with Crippen molar-refractivity contribution < 1.29 is 9.32 Å². The number of benzene rings is 2. The summed E-state index contributed by atoms with van der Waals surface area (Å²) in [5.41, 5.74) is 4.47. The molecule has 2 aromatic carbocycles. The highest BCUT2D eigenvalue weighted by Crippen LogP contribution is 2.39. The second-order valence-corrected chi connectivity index (χ2v) is 9.74. The topological polar surface area (TPSA) is 71.3 Å². The van der Waals surface area contributed by atoms with Gasteiger partial charge in [-0.2, -0.15) is 4.98 Å². The van der Waals surface area contributed by atoms with Crippen LogP contribution in [0, 0.1) is 0 Å². The summed E-state index contributed by atoms with van der Waals surface area (Å²) in [5, 5.41) is 9.38. The molecule has 2 amide bonds. The van der Waals surface area contributed by atoms with E-state index in [1.807, 2.05) is 61.0 Å². The summed E-state index contributed by atoms with van der Waals surface area (Å²) in [4.78, 5) is 21.9. The van der Waals surface area contributed by atoms with E-state index in [4.69, 9.17) is 9.51 Å². The van der Waals surface area contributed by atoms with E-state index < -0.39 is 6.04 Å². The first-order valence-electron chi connectivity index (χ1n) is 11.0. The number of thiophene rings is 1. The SMILES string of the molecule is CCc1cccc(N2C(=O)NC(c3ccc(SC)cc3)C(c3nc(-c4cccs4)no3)=C2C)c1. The lowest BCUT2D eigenvalue weighted by Crippen LogP contribution is -2.46. The Morgan fingerprint density at radius 2 is 1.97 bits per heavy atom. The van der Waals surface area contributed by atoms with E-state index in [1.54, 1.807) is 28.0 Å². The third-order valence-electron chi connectivity index (χ3n) is 5.91. The number of rotatable bonds is 6. The number of anilines is 1. The van der Waals surface area contributed by atoms with E-state index in [9.17, 15) is 4.79 Å². The lowest BCUT2D eigenvalue weighted by Gasteiger charge is -2.35. The number of carbonyl (C=O) groups excluding carboxylic acids is 1. The van der Waals surface area contributed by atoms with Crippen molar-refractivity contribution in [2.75, 3.05) is 11.2 Å². The first-order chi connectivity index (χ1) is 16.6. The highest BCUT2D eigenvalue weighted by Gasteiger charge is 2.36. The molecule has 1 N–H and O–H groups in total. The zero-order valence-electron chi connectivity index (χ0n) is 19.1. The van der Waals surface area contributed by atoms with Crippen molar-refractivity contribution in [2.45, 2.75) is 31.2 Å². The van der Waals surface area contributed by atoms with Crippen LogP contribution in [-0.2, 0) is 6.42 Å². The first kappa shape index (κ1) is 22.4. The van der Waals surface area contributed by atoms with Crippen molar-refractivity contribution in [1.82, 2.24) is 15.5 Å². The maximum Gasteiger partial charge on any atom is 0.326 e. The highest BCUT2D eigenvalue weighted by molar-refractivity contribution is 7.98. The average Bonchev–Trinajstić information content (AvgIpc) is 3.56. The maximum atomic E-state index is 13.4. The quantitative estimate of drug-likeness (QED) is 0.303. The fraction of sp³-hybridized carbons (Fsp3) is 0.192. The molecule has 0 aliphatic carbocycles. The molecule has 8 heteroatoms. The van der Waals surface area contributed by atoms with Crippen LogP contribution < -0.4 is 10.2 Å². The molecule has 0 radical (unpaired) electrons. The third kappa shape index (κ3) is 4.15. The summed E-state index contributed by atoms with van der Waals surface area (Å²) in [6.45, 7) is 4.04. The molecule has 1 atom stereocenters. The average molecular weight is 489 g/mol. The Morgan fingerprint density at radius 1 is 1.15 bits per heavy atom. The molecule has 0 saturated carbocycles. The number of thioether (sulfide) groups is 1. The Bertz CT molecular complexity index is 1340. The molecule has 3 heterocycles. The molecule has 1 aliphatic heterocycles. The molecule has 0 saturated heterocycles. The summed E-state index contributed by atoms with van der Waals surface area (Å²) >= 11 is 3.23. The van der Waals surface area contributed by atoms with Gasteiger partial charge in [-0.15, -0.1) is 23.1 Å². The van der Waals surface area contributed by atoms with Crippen LogP contribution in [0.3, 0.4) is 0 Å². The number of nitrogens with one attached hydrogen (secondary N) is 1. The largest absolute Gasteiger partial charge is 0.334 e. The number of amides is 2. The van der Waals surface area contributed by atoms with Crippen LogP contribution in [-0.4, -0.2) is 22.4 Å². The molecular formula is C26H24N4O2S2. The summed E-state index contributed by atoms with van der Waals surface area (Å²) in [5.74, 6) is 0.940. The molecular weight excluding hydrogens is 464 g/mol. The monoisotopic (exact) mass is 488 g/mol. The van der Waals surface area contributed by atoms with E-state index in [2.05, 4.69) is 35.6 Å². The van der Waals surface area contributed by atoms with Gasteiger partial charge < -0.3 is 9.84 Å². The Morgan fingerprint density at radius 3 is 2.68 bits per heavy atom. The van der Waals surface area contributed by atoms with Crippen molar-refractivity contribution in [3.05, 3.63) is 88.8 Å². The van der Waals surface area contributed by atoms with Crippen molar-refractivity contribution in [3.8, 4) is 10.7 Å². The lowest BCUT2D eigenvalue weighted by atomic mass is 9.94. The predicted octanol–water partition coefficient (Wildman–Crippen LogP) is 6.78. The van der Waals surface area contributed by atoms with Gasteiger partial charge in [0.15, 0.2) is 0 Å². The van der Waals surface area contributed by atoms with Gasteiger partial charge in [-0.3, -0.25) is 4.90 Å². The van der Waals surface area contributed by atoms with E-state index >= 15 is 0 Å². The maximum absolute atomic E-state index is 13.4. The van der Waals surface area contributed by atoms with E-state index in [0.717, 1.165) is 44.3 Å². The molecule has 1 aliphatic rings. The molecule has 1 unspecified atom stereocenters. The van der Waals surface area contributed by atoms with E-state index in [1.165, 1.54) is 0 Å². The van der Waals surface area contributed by atoms with Gasteiger partial charge in [0.25, 0.3) is 5.89 Å². The molecule has 2 aromatic heterocycles. The molecule has 34 heavy (non-hydrogen) atoms. The van der Waals surface area contributed by atoms with Gasteiger partial charge in [0.05, 0.1) is 22.2 Å². The Kier molecular flexibility index (Phi) is 6.26. The minimum atomic E-state index is -0.411. The Labute approximate surface area is 206 Å². The zero-order valence-corrected chi connectivity index (χ0v) is 20.7. The van der Waals surface area contributed by atoms with Gasteiger partial charge in [0.1, 0.15) is 0 Å². The Balaban J connectivity index is 1.65. The van der Waals surface area contributed by atoms with Gasteiger partial charge in [-0.05, 0) is 66.4 Å². The van der Waals surface area contributed by atoms with Gasteiger partial charge >= 0.3 is 6.03 Å². The minimum Gasteiger partial charge on any atom is -0.334 e. The number of aromatic nitrogens is 2. The summed E-state index contributed by atoms with van der Waals surface area (Å²) < 4.78 is 5.76. The van der Waals surface area contributed by atoms with Crippen molar-refractivity contribution in [2.24, 2.45) is 0 Å². The van der Waals surface area contributed by atoms with Crippen LogP contribution in [0.25, 0.3) is 16.3 Å². The van der Waals surface area contributed by atoms with E-state index in [-0.39, 0.29) is 6.03 Å². The number of hydrogen-bond donors (Lipinski definition) is 1. The predicted molar refractivity (Wildman–Crippen MR) is 138 cm³/mol. The minimum absolute atomic E-state index is 0.188. The standard InChI is InChI=1S/C26H24N4O2S2/c1-4-17-7-5-8-19(15-17)30-16(2)22(25-28-24(29-32-25)21-9-6-14-34-21)23(27-26(30)31)18-10-12-20(33-3)13-11-18/h5-15,23H,4H2,1-3H3,(H,27,31). The first-order valence-corrected chi connectivity index (χ1v) is 13.1. The second kappa shape index (κ2) is 9.48. The van der Waals surface area contributed by atoms with E-state index in [0.29, 0.717) is 11.7 Å². The van der Waals surface area contributed by atoms with Crippen LogP contribution in [0.15, 0.2) is 81.2 Å². The number of nitrogens with zero attached hydrogens (tertiary/aromatic N) is 3. The lowest BCUT2D eigenvalue weighted by molar-refractivity contribution is 0.244. The molecule has 6 nitrogen and oxygen atoms in total. The van der Waals surface area contributed by atoms with Gasteiger partial charge in [0, 0.05) is 10.6 Å². The summed E-state index contributed by atoms with van der Waals surface area (Å²) in [6.07, 6.45) is 2.93. The van der Waals surface area contributed by atoms with Crippen molar-refractivity contribution in [1.29, 1.82) is 0 Å². The molecule has 0 spiro atoms. The number of aryl methyl sites for hydroxylation is 1. The fourth-order valence-electron chi connectivity index (χ4n) is 4.13. The van der Waals surface area contributed by atoms with Gasteiger partial charge in [-0.1, -0.05) is 42.4 Å². The summed E-state index contributed by atoms with van der Waals surface area (Å²) in [6, 6.07) is 19.5. The molecule has 0 bridgehead atoms. The van der Waals surface area contributed by atoms with Crippen LogP contribution in [0.5, 0.6) is 0 Å². The smallest absolute Gasteiger partial charge is 0.326 e. The van der Waals surface area contributed by atoms with Crippen molar-refractivity contribution in [3.63, 3.8) is 0 Å². The molecule has 172 valence electrons. The van der Waals surface area contributed by atoms with Crippen molar-refractivity contribution >= 4 is 40.4 Å². The number of allylic oxidation sites excluding steroid dienone is 1. The summed E-state index contributed by atoms with van der Waals surface area (Å²) in [7, 11) is 0. The van der Waals surface area contributed by atoms with Crippen LogP contribution >= 0.6 is 23.1 Å². The molecule has 5 rings (SSSR count). The van der Waals surface area contributed by atoms with Crippen LogP contribution in [0.1, 0.15) is 36.9 Å². The third-order valence-corrected chi connectivity index (χ3v) is 7.52. The molecule has 4 aromatic rings. The van der Waals surface area contributed by atoms with Gasteiger partial charge in [0.2, 0.25) is 5.82 Å². The second-order valence-electron chi connectivity index (χ2n) is 7.91. The number of hydrogen-bond acceptors (Lipinski definition) is 6. The zero-order chi connectivity index (χ0) is 23.7. The van der Waals surface area contributed by atoms with Gasteiger partial charge in [-0.25, -0.2) is 4.79 Å².